The number of rotatable bonds is 3. The van der Waals surface area contributed by atoms with Crippen LogP contribution in [0.25, 0.3) is 0 Å². The molecule has 0 radical (unpaired) electrons. The maximum atomic E-state index is 9.27. The number of likely N-dealkylation sites (tertiary alicyclic amines) is 1. The molecule has 2 fully saturated rings. The normalized spacial score (nSPS) is 36.4. The van der Waals surface area contributed by atoms with E-state index in [-0.39, 0.29) is 0 Å². The minimum atomic E-state index is 0.338. The van der Waals surface area contributed by atoms with Gasteiger partial charge in [0, 0.05) is 12.1 Å². The van der Waals surface area contributed by atoms with Gasteiger partial charge in [-0.15, -0.1) is 0 Å². The Kier molecular flexibility index (Phi) is 3.42. The van der Waals surface area contributed by atoms with Gasteiger partial charge in [0.05, 0.1) is 6.61 Å². The van der Waals surface area contributed by atoms with Crippen molar-refractivity contribution in [3.63, 3.8) is 0 Å². The quantitative estimate of drug-likeness (QED) is 0.691. The molecule has 14 heavy (non-hydrogen) atoms. The second-order valence-electron chi connectivity index (χ2n) is 4.71. The van der Waals surface area contributed by atoms with Crippen molar-refractivity contribution in [3.8, 4) is 0 Å². The Morgan fingerprint density at radius 2 is 2.36 bits per heavy atom. The molecule has 0 aromatic heterocycles. The third-order valence-corrected chi connectivity index (χ3v) is 3.94. The Morgan fingerprint density at radius 3 is 3.00 bits per heavy atom. The van der Waals surface area contributed by atoms with Gasteiger partial charge < -0.3 is 10.4 Å². The molecule has 0 aromatic rings. The summed E-state index contributed by atoms with van der Waals surface area (Å²) in [5, 5.41) is 12.7. The predicted molar refractivity (Wildman–Crippen MR) is 57.3 cm³/mol. The summed E-state index contributed by atoms with van der Waals surface area (Å²) in [5.41, 5.74) is 0. The van der Waals surface area contributed by atoms with Crippen LogP contribution in [0.15, 0.2) is 0 Å². The molecule has 82 valence electrons. The summed E-state index contributed by atoms with van der Waals surface area (Å²) in [5.74, 6) is 0.794. The molecule has 2 aliphatic rings. The molecule has 0 spiro atoms. The molecule has 2 rings (SSSR count). The first-order valence-corrected chi connectivity index (χ1v) is 5.90. The third kappa shape index (κ3) is 1.95. The van der Waals surface area contributed by atoms with Gasteiger partial charge in [0.2, 0.25) is 0 Å². The lowest BCUT2D eigenvalue weighted by Gasteiger charge is -2.33. The fourth-order valence-corrected chi connectivity index (χ4v) is 2.95. The van der Waals surface area contributed by atoms with E-state index in [0.29, 0.717) is 18.7 Å². The van der Waals surface area contributed by atoms with E-state index in [1.165, 1.54) is 32.4 Å². The summed E-state index contributed by atoms with van der Waals surface area (Å²) in [6, 6.07) is 1.08. The van der Waals surface area contributed by atoms with Crippen molar-refractivity contribution in [2.45, 2.75) is 38.3 Å². The lowest BCUT2D eigenvalue weighted by molar-refractivity contribution is 0.100. The first-order chi connectivity index (χ1) is 6.83. The third-order valence-electron chi connectivity index (χ3n) is 3.94. The molecule has 0 aliphatic carbocycles. The molecular formula is C11H22N2O. The summed E-state index contributed by atoms with van der Waals surface area (Å²) < 4.78 is 0. The molecule has 2 heterocycles. The first-order valence-electron chi connectivity index (χ1n) is 5.90. The van der Waals surface area contributed by atoms with E-state index in [9.17, 15) is 5.11 Å². The van der Waals surface area contributed by atoms with Crippen LogP contribution in [-0.2, 0) is 0 Å². The Bertz CT molecular complexity index is 180. The van der Waals surface area contributed by atoms with E-state index in [1.807, 2.05) is 0 Å². The zero-order valence-corrected chi connectivity index (χ0v) is 9.08. The van der Waals surface area contributed by atoms with E-state index in [1.54, 1.807) is 0 Å². The van der Waals surface area contributed by atoms with Crippen LogP contribution in [0.2, 0.25) is 0 Å². The van der Waals surface area contributed by atoms with Gasteiger partial charge in [-0.25, -0.2) is 0 Å². The number of aliphatic hydroxyl groups is 1. The number of hydrogen-bond donors (Lipinski definition) is 2. The van der Waals surface area contributed by atoms with Crippen molar-refractivity contribution in [2.75, 3.05) is 26.2 Å². The highest BCUT2D eigenvalue weighted by atomic mass is 16.3. The Hall–Kier alpha value is -0.120. The van der Waals surface area contributed by atoms with Crippen LogP contribution in [-0.4, -0.2) is 48.3 Å². The minimum absolute atomic E-state index is 0.338. The highest BCUT2D eigenvalue weighted by Crippen LogP contribution is 2.25. The molecule has 3 heteroatoms. The summed E-state index contributed by atoms with van der Waals surface area (Å²) in [6.07, 6.45) is 3.74. The van der Waals surface area contributed by atoms with Gasteiger partial charge in [-0.3, -0.25) is 4.90 Å². The van der Waals surface area contributed by atoms with Crippen LogP contribution in [0.5, 0.6) is 0 Å². The van der Waals surface area contributed by atoms with Crippen molar-refractivity contribution in [1.82, 2.24) is 10.2 Å². The molecule has 0 saturated carbocycles. The van der Waals surface area contributed by atoms with Gasteiger partial charge >= 0.3 is 0 Å². The number of aliphatic hydroxyl groups excluding tert-OH is 1. The molecule has 2 saturated heterocycles. The first kappa shape index (κ1) is 10.4. The van der Waals surface area contributed by atoms with Gasteiger partial charge in [0.1, 0.15) is 0 Å². The van der Waals surface area contributed by atoms with Crippen molar-refractivity contribution < 1.29 is 5.11 Å². The molecular weight excluding hydrogens is 176 g/mol. The Labute approximate surface area is 86.5 Å². The van der Waals surface area contributed by atoms with E-state index >= 15 is 0 Å². The van der Waals surface area contributed by atoms with Gasteiger partial charge in [-0.1, -0.05) is 0 Å². The second-order valence-corrected chi connectivity index (χ2v) is 4.71. The summed E-state index contributed by atoms with van der Waals surface area (Å²) in [4.78, 5) is 2.51. The van der Waals surface area contributed by atoms with Crippen molar-refractivity contribution >= 4 is 0 Å². The Morgan fingerprint density at radius 1 is 1.50 bits per heavy atom. The SMILES string of the molecule is CC(C1CCNC1)N1CCC[C@@H]1CO. The van der Waals surface area contributed by atoms with Crippen LogP contribution in [0.1, 0.15) is 26.2 Å². The molecule has 3 nitrogen and oxygen atoms in total. The highest BCUT2D eigenvalue weighted by molar-refractivity contribution is 4.88. The van der Waals surface area contributed by atoms with Gasteiger partial charge in [0.25, 0.3) is 0 Å². The molecule has 2 aliphatic heterocycles. The standard InChI is InChI=1S/C11H22N2O/c1-9(10-4-5-12-7-10)13-6-2-3-11(13)8-14/h9-12,14H,2-8H2,1H3/t9?,10?,11-/m1/s1. The number of hydrogen-bond acceptors (Lipinski definition) is 3. The largest absolute Gasteiger partial charge is 0.395 e. The lowest BCUT2D eigenvalue weighted by atomic mass is 9.98. The van der Waals surface area contributed by atoms with Crippen LogP contribution in [0.3, 0.4) is 0 Å². The van der Waals surface area contributed by atoms with Crippen LogP contribution < -0.4 is 5.32 Å². The van der Waals surface area contributed by atoms with E-state index in [0.717, 1.165) is 12.5 Å². The fraction of sp³-hybridized carbons (Fsp3) is 1.00. The predicted octanol–water partition coefficient (Wildman–Crippen LogP) is 0.441. The van der Waals surface area contributed by atoms with Crippen molar-refractivity contribution in [2.24, 2.45) is 5.92 Å². The van der Waals surface area contributed by atoms with Gasteiger partial charge in [0.15, 0.2) is 0 Å². The zero-order chi connectivity index (χ0) is 9.97. The van der Waals surface area contributed by atoms with Gasteiger partial charge in [-0.2, -0.15) is 0 Å². The molecule has 0 aromatic carbocycles. The second kappa shape index (κ2) is 4.60. The average Bonchev–Trinajstić information content (AvgIpc) is 2.87. The maximum absolute atomic E-state index is 9.27. The van der Waals surface area contributed by atoms with Crippen molar-refractivity contribution in [1.29, 1.82) is 0 Å². The van der Waals surface area contributed by atoms with Crippen LogP contribution in [0.4, 0.5) is 0 Å². The topological polar surface area (TPSA) is 35.5 Å². The zero-order valence-electron chi connectivity index (χ0n) is 9.08. The summed E-state index contributed by atoms with van der Waals surface area (Å²) in [7, 11) is 0. The molecule has 0 amide bonds. The summed E-state index contributed by atoms with van der Waals surface area (Å²) >= 11 is 0. The monoisotopic (exact) mass is 198 g/mol. The van der Waals surface area contributed by atoms with Gasteiger partial charge in [-0.05, 0) is 51.7 Å². The van der Waals surface area contributed by atoms with E-state index in [4.69, 9.17) is 0 Å². The van der Waals surface area contributed by atoms with Crippen LogP contribution >= 0.6 is 0 Å². The number of nitrogens with one attached hydrogen (secondary N) is 1. The lowest BCUT2D eigenvalue weighted by Crippen LogP contribution is -2.43. The van der Waals surface area contributed by atoms with E-state index < -0.39 is 0 Å². The molecule has 2 unspecified atom stereocenters. The molecule has 2 N–H and O–H groups in total. The molecule has 0 bridgehead atoms. The fourth-order valence-electron chi connectivity index (χ4n) is 2.95. The highest BCUT2D eigenvalue weighted by Gasteiger charge is 2.32. The maximum Gasteiger partial charge on any atom is 0.0586 e. The van der Waals surface area contributed by atoms with E-state index in [2.05, 4.69) is 17.1 Å². The van der Waals surface area contributed by atoms with Crippen molar-refractivity contribution in [3.05, 3.63) is 0 Å². The number of nitrogens with zero attached hydrogens (tertiary/aromatic N) is 1. The Balaban J connectivity index is 1.92. The molecule has 3 atom stereocenters. The average molecular weight is 198 g/mol. The smallest absolute Gasteiger partial charge is 0.0586 e. The van der Waals surface area contributed by atoms with Crippen LogP contribution in [0, 0.1) is 5.92 Å². The minimum Gasteiger partial charge on any atom is -0.395 e. The summed E-state index contributed by atoms with van der Waals surface area (Å²) in [6.45, 7) is 6.18.